The van der Waals surface area contributed by atoms with Crippen LogP contribution in [0, 0.1) is 39.4 Å². The molecule has 4 nitrogen and oxygen atoms in total. The normalized spacial score (nSPS) is 44.2. The molecular formula is C32H50O4. The fourth-order valence-electron chi connectivity index (χ4n) is 10.4. The van der Waals surface area contributed by atoms with Crippen LogP contribution in [0.4, 0.5) is 0 Å². The monoisotopic (exact) mass is 498 g/mol. The van der Waals surface area contributed by atoms with E-state index in [0.29, 0.717) is 23.5 Å². The molecule has 0 radical (unpaired) electrons. The molecule has 36 heavy (non-hydrogen) atoms. The minimum absolute atomic E-state index is 0.00286. The van der Waals surface area contributed by atoms with Crippen molar-refractivity contribution < 1.29 is 19.1 Å². The van der Waals surface area contributed by atoms with Crippen LogP contribution in [0.2, 0.25) is 0 Å². The number of allylic oxidation sites excluding steroid dienone is 2. The highest BCUT2D eigenvalue weighted by molar-refractivity contribution is 5.85. The summed E-state index contributed by atoms with van der Waals surface area (Å²) in [7, 11) is 0. The van der Waals surface area contributed by atoms with Gasteiger partial charge in [0.1, 0.15) is 18.0 Å². The summed E-state index contributed by atoms with van der Waals surface area (Å²) in [4.78, 5) is 24.8. The number of hydrogen-bond donors (Lipinski definition) is 0. The standard InChI is InChI=1S/C32H50O4/c1-19(18-23(35-20(2)33)27-29(5,6)36-27)21-12-16-31(8)22(21)10-11-25-30(7)15-14-26(34)28(3,4)24(30)13-17-32(25,31)9/h19,23-25,27H,10-18H2,1-9H3/t19-,23+,24+,25+,27-,30+,31+,32+/m1/s1. The molecule has 202 valence electrons. The van der Waals surface area contributed by atoms with Gasteiger partial charge in [0, 0.05) is 18.8 Å². The van der Waals surface area contributed by atoms with Crippen LogP contribution >= 0.6 is 0 Å². The Morgan fingerprint density at radius 1 is 0.972 bits per heavy atom. The maximum Gasteiger partial charge on any atom is 0.302 e. The highest BCUT2D eigenvalue weighted by Gasteiger charge is 2.67. The predicted molar refractivity (Wildman–Crippen MR) is 142 cm³/mol. The van der Waals surface area contributed by atoms with Gasteiger partial charge in [0.05, 0.1) is 5.60 Å². The van der Waals surface area contributed by atoms with Crippen molar-refractivity contribution in [3.05, 3.63) is 11.1 Å². The summed E-state index contributed by atoms with van der Waals surface area (Å²) in [6.45, 7) is 20.2. The van der Waals surface area contributed by atoms with Gasteiger partial charge in [-0.2, -0.15) is 0 Å². The summed E-state index contributed by atoms with van der Waals surface area (Å²) >= 11 is 0. The van der Waals surface area contributed by atoms with E-state index in [9.17, 15) is 9.59 Å². The van der Waals surface area contributed by atoms with Gasteiger partial charge in [0.15, 0.2) is 0 Å². The zero-order valence-corrected chi connectivity index (χ0v) is 24.4. The van der Waals surface area contributed by atoms with Gasteiger partial charge in [0.25, 0.3) is 0 Å². The molecule has 0 amide bonds. The van der Waals surface area contributed by atoms with Gasteiger partial charge in [-0.15, -0.1) is 0 Å². The Labute approximate surface area is 219 Å². The number of Topliss-reactive ketones (excluding diaryl/α,β-unsaturated/α-hetero) is 1. The lowest BCUT2D eigenvalue weighted by molar-refractivity contribution is -0.180. The third-order valence-corrected chi connectivity index (χ3v) is 12.6. The average Bonchev–Trinajstić information content (AvgIpc) is 3.25. The van der Waals surface area contributed by atoms with Gasteiger partial charge in [-0.1, -0.05) is 52.7 Å². The maximum absolute atomic E-state index is 12.9. The molecule has 5 aliphatic rings. The minimum Gasteiger partial charge on any atom is -0.460 e. The number of carbonyl (C=O) groups is 2. The lowest BCUT2D eigenvalue weighted by Gasteiger charge is -2.68. The smallest absolute Gasteiger partial charge is 0.302 e. The number of rotatable bonds is 5. The van der Waals surface area contributed by atoms with Gasteiger partial charge in [-0.3, -0.25) is 9.59 Å². The van der Waals surface area contributed by atoms with Crippen molar-refractivity contribution in [2.75, 3.05) is 0 Å². The first kappa shape index (κ1) is 26.4. The van der Waals surface area contributed by atoms with Crippen LogP contribution in [0.25, 0.3) is 0 Å². The van der Waals surface area contributed by atoms with E-state index in [4.69, 9.17) is 9.47 Å². The fourth-order valence-corrected chi connectivity index (χ4v) is 10.4. The van der Waals surface area contributed by atoms with Gasteiger partial charge in [-0.25, -0.2) is 0 Å². The number of ketones is 1. The summed E-state index contributed by atoms with van der Waals surface area (Å²) in [5, 5.41) is 0. The molecule has 1 aliphatic heterocycles. The molecule has 5 rings (SSSR count). The number of hydrogen-bond acceptors (Lipinski definition) is 4. The van der Waals surface area contributed by atoms with E-state index in [1.807, 2.05) is 0 Å². The maximum atomic E-state index is 12.9. The molecule has 4 fully saturated rings. The number of ether oxygens (including phenoxy) is 2. The molecule has 0 bridgehead atoms. The second kappa shape index (κ2) is 8.17. The molecular weight excluding hydrogens is 448 g/mol. The minimum atomic E-state index is -0.209. The lowest BCUT2D eigenvalue weighted by Crippen LogP contribution is -2.62. The zero-order chi connectivity index (χ0) is 26.5. The summed E-state index contributed by atoms with van der Waals surface area (Å²) < 4.78 is 11.7. The van der Waals surface area contributed by atoms with Crippen molar-refractivity contribution in [1.29, 1.82) is 0 Å². The molecule has 3 saturated carbocycles. The van der Waals surface area contributed by atoms with E-state index in [1.165, 1.54) is 45.4 Å². The highest BCUT2D eigenvalue weighted by atomic mass is 16.6. The Balaban J connectivity index is 1.42. The van der Waals surface area contributed by atoms with Crippen LogP contribution in [0.3, 0.4) is 0 Å². The SMILES string of the molecule is CC(=O)O[C@@H](C[C@@H](C)C1=C2CC[C@H]3[C@@]4(C)CCC(=O)C(C)(C)[C@@H]4CC[C@]3(C)[C@@]2(C)CC1)[C@H]1OC1(C)C. The topological polar surface area (TPSA) is 55.9 Å². The number of carbonyl (C=O) groups excluding carboxylic acids is 2. The van der Waals surface area contributed by atoms with Crippen molar-refractivity contribution in [2.24, 2.45) is 39.4 Å². The second-order valence-electron chi connectivity index (χ2n) is 15.0. The first-order chi connectivity index (χ1) is 16.6. The molecule has 4 heteroatoms. The summed E-state index contributed by atoms with van der Waals surface area (Å²) in [6, 6.07) is 0. The van der Waals surface area contributed by atoms with Crippen molar-refractivity contribution in [1.82, 2.24) is 0 Å². The van der Waals surface area contributed by atoms with Crippen LogP contribution in [0.15, 0.2) is 11.1 Å². The van der Waals surface area contributed by atoms with Crippen LogP contribution in [-0.2, 0) is 19.1 Å². The molecule has 0 N–H and O–H groups in total. The molecule has 8 atom stereocenters. The molecule has 0 aromatic heterocycles. The second-order valence-corrected chi connectivity index (χ2v) is 15.0. The van der Waals surface area contributed by atoms with Gasteiger partial charge >= 0.3 is 5.97 Å². The van der Waals surface area contributed by atoms with E-state index in [0.717, 1.165) is 19.3 Å². The van der Waals surface area contributed by atoms with Crippen molar-refractivity contribution in [3.63, 3.8) is 0 Å². The summed E-state index contributed by atoms with van der Waals surface area (Å²) in [5.74, 6) is 1.85. The molecule has 0 aromatic rings. The van der Waals surface area contributed by atoms with Crippen LogP contribution in [0.5, 0.6) is 0 Å². The molecule has 1 saturated heterocycles. The molecule has 1 heterocycles. The van der Waals surface area contributed by atoms with E-state index in [1.54, 1.807) is 11.1 Å². The lowest BCUT2D eigenvalue weighted by atomic mass is 9.36. The van der Waals surface area contributed by atoms with E-state index < -0.39 is 0 Å². The Morgan fingerprint density at radius 3 is 2.25 bits per heavy atom. The Morgan fingerprint density at radius 2 is 1.64 bits per heavy atom. The number of fused-ring (bicyclic) bond motifs is 5. The Bertz CT molecular complexity index is 990. The van der Waals surface area contributed by atoms with Crippen molar-refractivity contribution >= 4 is 11.8 Å². The quantitative estimate of drug-likeness (QED) is 0.224. The first-order valence-corrected chi connectivity index (χ1v) is 14.7. The van der Waals surface area contributed by atoms with Gasteiger partial charge < -0.3 is 9.47 Å². The van der Waals surface area contributed by atoms with Crippen molar-refractivity contribution in [2.45, 2.75) is 138 Å². The molecule has 0 aromatic carbocycles. The largest absolute Gasteiger partial charge is 0.460 e. The van der Waals surface area contributed by atoms with E-state index >= 15 is 0 Å². The van der Waals surface area contributed by atoms with E-state index in [2.05, 4.69) is 55.4 Å². The molecule has 0 unspecified atom stereocenters. The summed E-state index contributed by atoms with van der Waals surface area (Å²) in [5.41, 5.74) is 3.73. The fraction of sp³-hybridized carbons (Fsp3) is 0.875. The van der Waals surface area contributed by atoms with Crippen molar-refractivity contribution in [3.8, 4) is 0 Å². The van der Waals surface area contributed by atoms with Gasteiger partial charge in [0.2, 0.25) is 0 Å². The van der Waals surface area contributed by atoms with Crippen LogP contribution < -0.4 is 0 Å². The van der Waals surface area contributed by atoms with Crippen LogP contribution in [-0.4, -0.2) is 29.6 Å². The predicted octanol–water partition coefficient (Wildman–Crippen LogP) is 7.44. The third kappa shape index (κ3) is 3.62. The Hall–Kier alpha value is -1.16. The molecule has 0 spiro atoms. The average molecular weight is 499 g/mol. The zero-order valence-electron chi connectivity index (χ0n) is 24.4. The number of epoxide rings is 1. The van der Waals surface area contributed by atoms with E-state index in [-0.39, 0.29) is 45.4 Å². The van der Waals surface area contributed by atoms with Crippen LogP contribution in [0.1, 0.15) is 120 Å². The first-order valence-electron chi connectivity index (χ1n) is 14.7. The molecule has 4 aliphatic carbocycles. The van der Waals surface area contributed by atoms with Gasteiger partial charge in [-0.05, 0) is 99.2 Å². The number of esters is 1. The summed E-state index contributed by atoms with van der Waals surface area (Å²) in [6.07, 6.45) is 9.76. The third-order valence-electron chi connectivity index (χ3n) is 12.6. The Kier molecular flexibility index (Phi) is 6.00. The highest BCUT2D eigenvalue weighted by Crippen LogP contribution is 2.74.